The zero-order chi connectivity index (χ0) is 12.8. The highest BCUT2D eigenvalue weighted by Gasteiger charge is 2.07. The van der Waals surface area contributed by atoms with Gasteiger partial charge < -0.3 is 15.8 Å². The van der Waals surface area contributed by atoms with Crippen LogP contribution in [0.15, 0.2) is 18.2 Å². The van der Waals surface area contributed by atoms with Gasteiger partial charge in [0.05, 0.1) is 18.5 Å². The van der Waals surface area contributed by atoms with E-state index in [0.717, 1.165) is 29.5 Å². The Morgan fingerprint density at radius 1 is 1.24 bits per heavy atom. The third kappa shape index (κ3) is 4.55. The molecule has 0 amide bonds. The number of nitrogen functional groups attached to an aromatic ring is 1. The topological polar surface area (TPSA) is 47.3 Å². The van der Waals surface area contributed by atoms with Crippen molar-refractivity contribution in [2.45, 2.75) is 39.7 Å². The number of benzene rings is 1. The van der Waals surface area contributed by atoms with Crippen molar-refractivity contribution in [2.24, 2.45) is 5.92 Å². The smallest absolute Gasteiger partial charge is 0.121 e. The Hall–Kier alpha value is -1.38. The molecule has 3 heteroatoms. The molecule has 0 bridgehead atoms. The minimum absolute atomic E-state index is 0.423. The van der Waals surface area contributed by atoms with Gasteiger partial charge in [0.15, 0.2) is 0 Å². The third-order valence-electron chi connectivity index (χ3n) is 2.84. The van der Waals surface area contributed by atoms with Gasteiger partial charge >= 0.3 is 0 Å². The van der Waals surface area contributed by atoms with Crippen LogP contribution in [0.2, 0.25) is 0 Å². The van der Waals surface area contributed by atoms with E-state index in [2.05, 4.69) is 26.1 Å². The van der Waals surface area contributed by atoms with Gasteiger partial charge in [-0.2, -0.15) is 0 Å². The predicted molar refractivity (Wildman–Crippen MR) is 74.6 cm³/mol. The first kappa shape index (κ1) is 13.7. The zero-order valence-electron chi connectivity index (χ0n) is 11.3. The first-order valence-corrected chi connectivity index (χ1v) is 6.23. The summed E-state index contributed by atoms with van der Waals surface area (Å²) >= 11 is 0. The van der Waals surface area contributed by atoms with E-state index in [1.54, 1.807) is 7.11 Å². The Balaban J connectivity index is 2.60. The number of methoxy groups -OCH3 is 1. The molecule has 0 aliphatic heterocycles. The van der Waals surface area contributed by atoms with E-state index in [0.29, 0.717) is 6.04 Å². The summed E-state index contributed by atoms with van der Waals surface area (Å²) in [6.07, 6.45) is 2.37. The van der Waals surface area contributed by atoms with E-state index in [1.165, 1.54) is 6.42 Å². The molecule has 0 aliphatic rings. The van der Waals surface area contributed by atoms with E-state index >= 15 is 0 Å². The highest BCUT2D eigenvalue weighted by molar-refractivity contribution is 5.68. The van der Waals surface area contributed by atoms with Crippen molar-refractivity contribution >= 4 is 11.4 Å². The van der Waals surface area contributed by atoms with Gasteiger partial charge in [-0.25, -0.2) is 0 Å². The van der Waals surface area contributed by atoms with Gasteiger partial charge in [0, 0.05) is 12.1 Å². The van der Waals surface area contributed by atoms with Crippen molar-refractivity contribution < 1.29 is 4.74 Å². The number of nitrogens with one attached hydrogen (secondary N) is 1. The number of ether oxygens (including phenoxy) is 1. The molecule has 0 radical (unpaired) electrons. The van der Waals surface area contributed by atoms with Gasteiger partial charge in [0.2, 0.25) is 0 Å². The minimum atomic E-state index is 0.423. The van der Waals surface area contributed by atoms with Gasteiger partial charge in [-0.05, 0) is 37.8 Å². The molecule has 1 aromatic carbocycles. The average Bonchev–Trinajstić information content (AvgIpc) is 2.29. The van der Waals surface area contributed by atoms with Crippen LogP contribution in [0.4, 0.5) is 11.4 Å². The summed E-state index contributed by atoms with van der Waals surface area (Å²) in [7, 11) is 1.66. The molecule has 0 spiro atoms. The molecule has 0 heterocycles. The lowest BCUT2D eigenvalue weighted by Gasteiger charge is -2.18. The molecule has 0 saturated heterocycles. The Bertz CT molecular complexity index is 350. The SMILES string of the molecule is COc1ccc(N)c(NC(C)CCC(C)C)c1. The largest absolute Gasteiger partial charge is 0.497 e. The van der Waals surface area contributed by atoms with Crippen LogP contribution in [0.5, 0.6) is 5.75 Å². The molecule has 96 valence electrons. The standard InChI is InChI=1S/C14H24N2O/c1-10(2)5-6-11(3)16-14-9-12(17-4)7-8-13(14)15/h7-11,16H,5-6,15H2,1-4H3. The first-order chi connectivity index (χ1) is 8.02. The monoisotopic (exact) mass is 236 g/mol. The highest BCUT2D eigenvalue weighted by atomic mass is 16.5. The lowest BCUT2D eigenvalue weighted by atomic mass is 10.0. The normalized spacial score (nSPS) is 12.5. The molecular formula is C14H24N2O. The van der Waals surface area contributed by atoms with Gasteiger partial charge in [-0.3, -0.25) is 0 Å². The Labute approximate surface area is 104 Å². The molecule has 0 fully saturated rings. The first-order valence-electron chi connectivity index (χ1n) is 6.23. The second-order valence-corrected chi connectivity index (χ2v) is 4.97. The van der Waals surface area contributed by atoms with Crippen LogP contribution in [0.25, 0.3) is 0 Å². The molecule has 0 saturated carbocycles. The molecule has 3 nitrogen and oxygen atoms in total. The average molecular weight is 236 g/mol. The molecule has 1 aromatic rings. The van der Waals surface area contributed by atoms with Gasteiger partial charge in [-0.15, -0.1) is 0 Å². The van der Waals surface area contributed by atoms with Crippen molar-refractivity contribution in [3.8, 4) is 5.75 Å². The maximum atomic E-state index is 5.93. The summed E-state index contributed by atoms with van der Waals surface area (Å²) in [5, 5.41) is 3.44. The van der Waals surface area contributed by atoms with Gasteiger partial charge in [0.25, 0.3) is 0 Å². The number of anilines is 2. The molecule has 1 atom stereocenters. The van der Waals surface area contributed by atoms with Crippen LogP contribution in [0.3, 0.4) is 0 Å². The Kier molecular flexibility index (Phi) is 5.13. The number of hydrogen-bond donors (Lipinski definition) is 2. The van der Waals surface area contributed by atoms with E-state index < -0.39 is 0 Å². The fraction of sp³-hybridized carbons (Fsp3) is 0.571. The van der Waals surface area contributed by atoms with E-state index in [1.807, 2.05) is 18.2 Å². The van der Waals surface area contributed by atoms with Crippen LogP contribution in [-0.2, 0) is 0 Å². The van der Waals surface area contributed by atoms with E-state index in [-0.39, 0.29) is 0 Å². The number of hydrogen-bond acceptors (Lipinski definition) is 3. The van der Waals surface area contributed by atoms with Crippen LogP contribution in [0, 0.1) is 5.92 Å². The second kappa shape index (κ2) is 6.38. The zero-order valence-corrected chi connectivity index (χ0v) is 11.3. The van der Waals surface area contributed by atoms with Crippen molar-refractivity contribution in [1.29, 1.82) is 0 Å². The summed E-state index contributed by atoms with van der Waals surface area (Å²) in [5.41, 5.74) is 7.66. The second-order valence-electron chi connectivity index (χ2n) is 4.97. The number of rotatable bonds is 6. The summed E-state index contributed by atoms with van der Waals surface area (Å²) in [6, 6.07) is 6.11. The van der Waals surface area contributed by atoms with Gasteiger partial charge in [0.1, 0.15) is 5.75 Å². The lowest BCUT2D eigenvalue weighted by molar-refractivity contribution is 0.415. The van der Waals surface area contributed by atoms with Gasteiger partial charge in [-0.1, -0.05) is 13.8 Å². The van der Waals surface area contributed by atoms with Crippen LogP contribution >= 0.6 is 0 Å². The Morgan fingerprint density at radius 2 is 1.94 bits per heavy atom. The number of nitrogens with two attached hydrogens (primary N) is 1. The molecule has 0 aliphatic carbocycles. The third-order valence-corrected chi connectivity index (χ3v) is 2.84. The predicted octanol–water partition coefficient (Wildman–Crippen LogP) is 3.51. The molecular weight excluding hydrogens is 212 g/mol. The van der Waals surface area contributed by atoms with Crippen molar-refractivity contribution in [3.63, 3.8) is 0 Å². The van der Waals surface area contributed by atoms with E-state index in [9.17, 15) is 0 Å². The molecule has 3 N–H and O–H groups in total. The molecule has 1 rings (SSSR count). The summed E-state index contributed by atoms with van der Waals surface area (Å²) in [5.74, 6) is 1.57. The van der Waals surface area contributed by atoms with Crippen molar-refractivity contribution in [3.05, 3.63) is 18.2 Å². The summed E-state index contributed by atoms with van der Waals surface area (Å²) in [6.45, 7) is 6.67. The van der Waals surface area contributed by atoms with E-state index in [4.69, 9.17) is 10.5 Å². The quantitative estimate of drug-likeness (QED) is 0.743. The minimum Gasteiger partial charge on any atom is -0.497 e. The summed E-state index contributed by atoms with van der Waals surface area (Å²) < 4.78 is 5.19. The maximum Gasteiger partial charge on any atom is 0.121 e. The molecule has 1 unspecified atom stereocenters. The van der Waals surface area contributed by atoms with Crippen LogP contribution in [-0.4, -0.2) is 13.2 Å². The van der Waals surface area contributed by atoms with Crippen LogP contribution < -0.4 is 15.8 Å². The summed E-state index contributed by atoms with van der Waals surface area (Å²) in [4.78, 5) is 0. The molecule has 17 heavy (non-hydrogen) atoms. The fourth-order valence-electron chi connectivity index (χ4n) is 1.71. The highest BCUT2D eigenvalue weighted by Crippen LogP contribution is 2.25. The molecule has 0 aromatic heterocycles. The maximum absolute atomic E-state index is 5.93. The lowest BCUT2D eigenvalue weighted by Crippen LogP contribution is -2.16. The van der Waals surface area contributed by atoms with Crippen LogP contribution in [0.1, 0.15) is 33.6 Å². The van der Waals surface area contributed by atoms with Crippen molar-refractivity contribution in [1.82, 2.24) is 0 Å². The van der Waals surface area contributed by atoms with Crippen molar-refractivity contribution in [2.75, 3.05) is 18.2 Å². The fourth-order valence-corrected chi connectivity index (χ4v) is 1.71. The Morgan fingerprint density at radius 3 is 2.53 bits per heavy atom.